The molecule has 0 amide bonds. The summed E-state index contributed by atoms with van der Waals surface area (Å²) in [6, 6.07) is 5.39. The lowest BCUT2D eigenvalue weighted by molar-refractivity contribution is 0.0601. The Bertz CT molecular complexity index is 1060. The molecule has 2 aromatic heterocycles. The minimum absolute atomic E-state index is 0.373. The fourth-order valence-corrected chi connectivity index (χ4v) is 3.64. The number of aromatic nitrogens is 3. The molecule has 7 nitrogen and oxygen atoms in total. The molecular formula is C22H26ClN3O4. The van der Waals surface area contributed by atoms with Crippen molar-refractivity contribution in [3.05, 3.63) is 46.9 Å². The van der Waals surface area contributed by atoms with Crippen LogP contribution in [0.4, 0.5) is 0 Å². The van der Waals surface area contributed by atoms with Crippen LogP contribution in [0.5, 0.6) is 5.75 Å². The zero-order chi connectivity index (χ0) is 22.1. The predicted molar refractivity (Wildman–Crippen MR) is 116 cm³/mol. The Balaban J connectivity index is 2.10. The van der Waals surface area contributed by atoms with Crippen molar-refractivity contribution in [1.29, 1.82) is 0 Å². The Morgan fingerprint density at radius 3 is 2.63 bits per heavy atom. The standard InChI is InChI=1S/C22H26ClN3O4/c1-13-15(12-25-26(13)10-9-22(2,3)28)20-18(21(27)30-5)16(11-24-20)14-7-6-8-17(29-4)19(14)23/h6-8,11-12,24,28H,9-10H2,1-5H3. The van der Waals surface area contributed by atoms with Crippen LogP contribution < -0.4 is 4.74 Å². The fraction of sp³-hybridized carbons (Fsp3) is 0.364. The minimum atomic E-state index is -0.793. The van der Waals surface area contributed by atoms with Crippen LogP contribution in [0.15, 0.2) is 30.6 Å². The number of aliphatic hydroxyl groups is 1. The highest BCUT2D eigenvalue weighted by molar-refractivity contribution is 6.35. The van der Waals surface area contributed by atoms with Crippen molar-refractivity contribution in [3.8, 4) is 28.1 Å². The molecular weight excluding hydrogens is 406 g/mol. The van der Waals surface area contributed by atoms with E-state index in [1.54, 1.807) is 39.4 Å². The summed E-state index contributed by atoms with van der Waals surface area (Å²) in [5, 5.41) is 14.9. The van der Waals surface area contributed by atoms with Gasteiger partial charge in [0.15, 0.2) is 0 Å². The van der Waals surface area contributed by atoms with Gasteiger partial charge in [-0.1, -0.05) is 23.7 Å². The highest BCUT2D eigenvalue weighted by Crippen LogP contribution is 2.40. The second-order valence-electron chi connectivity index (χ2n) is 7.69. The quantitative estimate of drug-likeness (QED) is 0.539. The number of carbonyl (C=O) groups is 1. The van der Waals surface area contributed by atoms with Crippen LogP contribution in [0.1, 0.15) is 36.3 Å². The van der Waals surface area contributed by atoms with Crippen LogP contribution in [-0.2, 0) is 11.3 Å². The maximum Gasteiger partial charge on any atom is 0.340 e. The van der Waals surface area contributed by atoms with E-state index in [-0.39, 0.29) is 0 Å². The third-order valence-electron chi connectivity index (χ3n) is 5.05. The number of hydrogen-bond acceptors (Lipinski definition) is 5. The number of nitrogens with zero attached hydrogens (tertiary/aromatic N) is 2. The van der Waals surface area contributed by atoms with Crippen molar-refractivity contribution in [2.24, 2.45) is 0 Å². The van der Waals surface area contributed by atoms with Crippen LogP contribution >= 0.6 is 11.6 Å². The average molecular weight is 432 g/mol. The van der Waals surface area contributed by atoms with E-state index in [9.17, 15) is 9.90 Å². The smallest absolute Gasteiger partial charge is 0.340 e. The molecule has 0 saturated heterocycles. The molecule has 0 fully saturated rings. The Kier molecular flexibility index (Phi) is 6.24. The highest BCUT2D eigenvalue weighted by atomic mass is 35.5. The van der Waals surface area contributed by atoms with E-state index in [0.29, 0.717) is 46.1 Å². The van der Waals surface area contributed by atoms with Crippen molar-refractivity contribution >= 4 is 17.6 Å². The Labute approximate surface area is 180 Å². The minimum Gasteiger partial charge on any atom is -0.495 e. The Morgan fingerprint density at radius 2 is 2.00 bits per heavy atom. The highest BCUT2D eigenvalue weighted by Gasteiger charge is 2.26. The van der Waals surface area contributed by atoms with Gasteiger partial charge in [0.25, 0.3) is 0 Å². The molecule has 0 spiro atoms. The van der Waals surface area contributed by atoms with Crippen molar-refractivity contribution in [2.45, 2.75) is 39.3 Å². The molecule has 0 aliphatic heterocycles. The normalized spacial score (nSPS) is 11.6. The largest absolute Gasteiger partial charge is 0.495 e. The molecule has 1 aromatic carbocycles. The zero-order valence-electron chi connectivity index (χ0n) is 17.7. The first-order chi connectivity index (χ1) is 14.2. The molecule has 0 unspecified atom stereocenters. The summed E-state index contributed by atoms with van der Waals surface area (Å²) < 4.78 is 12.2. The van der Waals surface area contributed by atoms with Gasteiger partial charge in [-0.3, -0.25) is 4.68 Å². The number of esters is 1. The summed E-state index contributed by atoms with van der Waals surface area (Å²) in [4.78, 5) is 15.9. The van der Waals surface area contributed by atoms with E-state index in [4.69, 9.17) is 21.1 Å². The maximum atomic E-state index is 12.7. The van der Waals surface area contributed by atoms with Gasteiger partial charge >= 0.3 is 5.97 Å². The number of methoxy groups -OCH3 is 2. The monoisotopic (exact) mass is 431 g/mol. The molecule has 160 valence electrons. The summed E-state index contributed by atoms with van der Waals surface area (Å²) in [6.45, 7) is 6.00. The SMILES string of the molecule is COC(=O)c1c(-c2cccc(OC)c2Cl)c[nH]c1-c1cnn(CCC(C)(C)O)c1C. The Morgan fingerprint density at radius 1 is 1.27 bits per heavy atom. The molecule has 0 atom stereocenters. The fourth-order valence-electron chi connectivity index (χ4n) is 3.34. The van der Waals surface area contributed by atoms with Crippen LogP contribution in [0.3, 0.4) is 0 Å². The molecule has 2 N–H and O–H groups in total. The maximum absolute atomic E-state index is 12.7. The number of halogens is 1. The summed E-state index contributed by atoms with van der Waals surface area (Å²) >= 11 is 6.51. The second-order valence-corrected chi connectivity index (χ2v) is 8.07. The van der Waals surface area contributed by atoms with Gasteiger partial charge in [0, 0.05) is 35.1 Å². The number of carbonyl (C=O) groups excluding carboxylic acids is 1. The van der Waals surface area contributed by atoms with E-state index in [1.807, 2.05) is 23.7 Å². The van der Waals surface area contributed by atoms with E-state index < -0.39 is 11.6 Å². The molecule has 3 rings (SSSR count). The number of H-pyrrole nitrogens is 1. The van der Waals surface area contributed by atoms with Gasteiger partial charge < -0.3 is 19.6 Å². The molecule has 0 saturated carbocycles. The molecule has 3 aromatic rings. The van der Waals surface area contributed by atoms with Gasteiger partial charge in [-0.25, -0.2) is 4.79 Å². The topological polar surface area (TPSA) is 89.4 Å². The van der Waals surface area contributed by atoms with Gasteiger partial charge in [-0.2, -0.15) is 5.10 Å². The Hall–Kier alpha value is -2.77. The van der Waals surface area contributed by atoms with E-state index in [0.717, 1.165) is 11.3 Å². The summed E-state index contributed by atoms with van der Waals surface area (Å²) in [6.07, 6.45) is 3.99. The molecule has 0 radical (unpaired) electrons. The number of benzene rings is 1. The van der Waals surface area contributed by atoms with Crippen molar-refractivity contribution in [2.75, 3.05) is 14.2 Å². The van der Waals surface area contributed by atoms with Gasteiger partial charge in [-0.15, -0.1) is 0 Å². The number of nitrogens with one attached hydrogen (secondary N) is 1. The van der Waals surface area contributed by atoms with Crippen molar-refractivity contribution in [1.82, 2.24) is 14.8 Å². The van der Waals surface area contributed by atoms with E-state index in [1.165, 1.54) is 7.11 Å². The van der Waals surface area contributed by atoms with Crippen LogP contribution in [0.2, 0.25) is 5.02 Å². The first-order valence-electron chi connectivity index (χ1n) is 9.55. The van der Waals surface area contributed by atoms with Crippen LogP contribution in [0, 0.1) is 6.92 Å². The number of aromatic amines is 1. The number of ether oxygens (including phenoxy) is 2. The van der Waals surface area contributed by atoms with Gasteiger partial charge in [0.1, 0.15) is 5.75 Å². The van der Waals surface area contributed by atoms with Crippen molar-refractivity contribution in [3.63, 3.8) is 0 Å². The van der Waals surface area contributed by atoms with Crippen molar-refractivity contribution < 1.29 is 19.4 Å². The molecule has 8 heteroatoms. The number of hydrogen-bond donors (Lipinski definition) is 2. The molecule has 0 aliphatic carbocycles. The van der Waals surface area contributed by atoms with Gasteiger partial charge in [0.2, 0.25) is 0 Å². The molecule has 0 aliphatic rings. The number of aryl methyl sites for hydroxylation is 1. The van der Waals surface area contributed by atoms with Gasteiger partial charge in [0.05, 0.1) is 42.3 Å². The van der Waals surface area contributed by atoms with E-state index in [2.05, 4.69) is 10.1 Å². The average Bonchev–Trinajstić information content (AvgIpc) is 3.28. The molecule has 30 heavy (non-hydrogen) atoms. The summed E-state index contributed by atoms with van der Waals surface area (Å²) in [7, 11) is 2.88. The third kappa shape index (κ3) is 4.22. The molecule has 0 bridgehead atoms. The van der Waals surface area contributed by atoms with Crippen LogP contribution in [-0.4, -0.2) is 45.7 Å². The summed E-state index contributed by atoms with van der Waals surface area (Å²) in [5.41, 5.74) is 3.10. The van der Waals surface area contributed by atoms with Gasteiger partial charge in [-0.05, 0) is 33.3 Å². The number of rotatable bonds is 7. The lowest BCUT2D eigenvalue weighted by atomic mass is 10.00. The first kappa shape index (κ1) is 21.9. The van der Waals surface area contributed by atoms with E-state index >= 15 is 0 Å². The first-order valence-corrected chi connectivity index (χ1v) is 9.93. The van der Waals surface area contributed by atoms with Crippen LogP contribution in [0.25, 0.3) is 22.4 Å². The summed E-state index contributed by atoms with van der Waals surface area (Å²) in [5.74, 6) is 0.0344. The lowest BCUT2D eigenvalue weighted by Gasteiger charge is -2.17. The molecule has 2 heterocycles. The zero-order valence-corrected chi connectivity index (χ0v) is 18.5. The lowest BCUT2D eigenvalue weighted by Crippen LogP contribution is -2.21. The second kappa shape index (κ2) is 8.53. The predicted octanol–water partition coefficient (Wildman–Crippen LogP) is 4.46. The third-order valence-corrected chi connectivity index (χ3v) is 5.44.